The van der Waals surface area contributed by atoms with Gasteiger partial charge in [-0.15, -0.1) is 0 Å². The summed E-state index contributed by atoms with van der Waals surface area (Å²) in [6, 6.07) is 9.14. The maximum atomic E-state index is 6.27. The Kier molecular flexibility index (Phi) is 4.88. The minimum Gasteiger partial charge on any atom is -0.326 e. The van der Waals surface area contributed by atoms with Gasteiger partial charge in [0.05, 0.1) is 0 Å². The van der Waals surface area contributed by atoms with Gasteiger partial charge in [0.15, 0.2) is 0 Å². The van der Waals surface area contributed by atoms with Crippen molar-refractivity contribution in [1.29, 1.82) is 0 Å². The number of nitrogens with zero attached hydrogens (tertiary/aromatic N) is 1. The Hall–Kier alpha value is -0.570. The summed E-state index contributed by atoms with van der Waals surface area (Å²) in [5.41, 5.74) is 7.55. The van der Waals surface area contributed by atoms with Crippen molar-refractivity contribution in [2.24, 2.45) is 11.7 Å². The van der Waals surface area contributed by atoms with Crippen molar-refractivity contribution in [2.45, 2.75) is 51.7 Å². The maximum Gasteiger partial charge on any atom is 0.0499 e. The number of likely N-dealkylation sites (tertiary alicyclic amines) is 1. The Morgan fingerprint density at radius 3 is 2.47 bits per heavy atom. The first-order valence-electron chi connectivity index (χ1n) is 7.27. The standard InChI is InChI=1S/C16H25ClN2/c1-11-5-4-10-19(13(11)3)16(12(2)18)14-6-8-15(17)9-7-14/h6-9,11-13,16H,4-5,10,18H2,1-3H3. The van der Waals surface area contributed by atoms with Crippen LogP contribution in [0.3, 0.4) is 0 Å². The smallest absolute Gasteiger partial charge is 0.0499 e. The molecule has 106 valence electrons. The van der Waals surface area contributed by atoms with Gasteiger partial charge in [-0.3, -0.25) is 4.90 Å². The average molecular weight is 281 g/mol. The van der Waals surface area contributed by atoms with Crippen LogP contribution in [0.2, 0.25) is 5.02 Å². The van der Waals surface area contributed by atoms with E-state index in [1.807, 2.05) is 12.1 Å². The summed E-state index contributed by atoms with van der Waals surface area (Å²) < 4.78 is 0. The fourth-order valence-corrected chi connectivity index (χ4v) is 3.34. The Balaban J connectivity index is 2.27. The second kappa shape index (κ2) is 6.25. The SMILES string of the molecule is CC(N)C(c1ccc(Cl)cc1)N1CCCC(C)C1C. The third-order valence-electron chi connectivity index (χ3n) is 4.49. The average Bonchev–Trinajstić information content (AvgIpc) is 2.37. The fourth-order valence-electron chi connectivity index (χ4n) is 3.22. The largest absolute Gasteiger partial charge is 0.326 e. The van der Waals surface area contributed by atoms with Crippen molar-refractivity contribution in [2.75, 3.05) is 6.54 Å². The molecule has 1 fully saturated rings. The lowest BCUT2D eigenvalue weighted by Gasteiger charge is -2.44. The maximum absolute atomic E-state index is 6.27. The molecule has 2 rings (SSSR count). The van der Waals surface area contributed by atoms with Gasteiger partial charge >= 0.3 is 0 Å². The van der Waals surface area contributed by atoms with Crippen LogP contribution in [0.4, 0.5) is 0 Å². The molecule has 1 aromatic carbocycles. The summed E-state index contributed by atoms with van der Waals surface area (Å²) in [4.78, 5) is 2.57. The number of piperidine rings is 1. The molecule has 0 radical (unpaired) electrons. The minimum absolute atomic E-state index is 0.119. The molecule has 4 atom stereocenters. The zero-order chi connectivity index (χ0) is 14.0. The van der Waals surface area contributed by atoms with Gasteiger partial charge in [0.25, 0.3) is 0 Å². The quantitative estimate of drug-likeness (QED) is 0.911. The normalized spacial score (nSPS) is 28.1. The summed E-state index contributed by atoms with van der Waals surface area (Å²) in [6.07, 6.45) is 2.59. The van der Waals surface area contributed by atoms with Crippen LogP contribution < -0.4 is 5.73 Å². The van der Waals surface area contributed by atoms with Crippen LogP contribution in [-0.4, -0.2) is 23.5 Å². The molecule has 0 aliphatic carbocycles. The molecule has 0 amide bonds. The number of halogens is 1. The van der Waals surface area contributed by atoms with Gasteiger partial charge in [-0.2, -0.15) is 0 Å². The van der Waals surface area contributed by atoms with Crippen molar-refractivity contribution in [1.82, 2.24) is 4.90 Å². The monoisotopic (exact) mass is 280 g/mol. The first-order chi connectivity index (χ1) is 9.00. The molecule has 4 unspecified atom stereocenters. The predicted molar refractivity (Wildman–Crippen MR) is 82.4 cm³/mol. The zero-order valence-electron chi connectivity index (χ0n) is 12.1. The molecule has 2 nitrogen and oxygen atoms in total. The second-order valence-electron chi connectivity index (χ2n) is 5.95. The Morgan fingerprint density at radius 2 is 1.89 bits per heavy atom. The highest BCUT2D eigenvalue weighted by atomic mass is 35.5. The molecule has 1 saturated heterocycles. The summed E-state index contributed by atoms with van der Waals surface area (Å²) >= 11 is 5.99. The van der Waals surface area contributed by atoms with E-state index in [9.17, 15) is 0 Å². The number of benzene rings is 1. The van der Waals surface area contributed by atoms with Gasteiger partial charge in [-0.1, -0.05) is 30.7 Å². The number of hydrogen-bond acceptors (Lipinski definition) is 2. The third-order valence-corrected chi connectivity index (χ3v) is 4.74. The number of hydrogen-bond donors (Lipinski definition) is 1. The van der Waals surface area contributed by atoms with E-state index in [-0.39, 0.29) is 12.1 Å². The molecule has 0 spiro atoms. The van der Waals surface area contributed by atoms with Crippen LogP contribution in [0, 0.1) is 5.92 Å². The minimum atomic E-state index is 0.119. The highest BCUT2D eigenvalue weighted by Crippen LogP contribution is 2.33. The molecule has 0 aromatic heterocycles. The van der Waals surface area contributed by atoms with E-state index in [2.05, 4.69) is 37.8 Å². The van der Waals surface area contributed by atoms with E-state index in [0.29, 0.717) is 6.04 Å². The van der Waals surface area contributed by atoms with Crippen LogP contribution in [0.25, 0.3) is 0 Å². The van der Waals surface area contributed by atoms with Crippen molar-refractivity contribution in [3.8, 4) is 0 Å². The van der Waals surface area contributed by atoms with E-state index in [1.54, 1.807) is 0 Å². The van der Waals surface area contributed by atoms with Gasteiger partial charge in [0, 0.05) is 23.1 Å². The predicted octanol–water partition coefficient (Wildman–Crippen LogP) is 3.85. The van der Waals surface area contributed by atoms with Gasteiger partial charge in [0.2, 0.25) is 0 Å². The lowest BCUT2D eigenvalue weighted by molar-refractivity contribution is 0.0579. The third kappa shape index (κ3) is 3.31. The molecule has 19 heavy (non-hydrogen) atoms. The fraction of sp³-hybridized carbons (Fsp3) is 0.625. The van der Waals surface area contributed by atoms with Gasteiger partial charge < -0.3 is 5.73 Å². The summed E-state index contributed by atoms with van der Waals surface area (Å²) in [6.45, 7) is 7.91. The van der Waals surface area contributed by atoms with Crippen molar-refractivity contribution in [3.63, 3.8) is 0 Å². The Bertz CT molecular complexity index is 402. The first kappa shape index (κ1) is 14.8. The van der Waals surface area contributed by atoms with Crippen LogP contribution in [0.15, 0.2) is 24.3 Å². The van der Waals surface area contributed by atoms with Crippen molar-refractivity contribution >= 4 is 11.6 Å². The van der Waals surface area contributed by atoms with E-state index in [0.717, 1.165) is 17.5 Å². The van der Waals surface area contributed by atoms with Crippen LogP contribution in [0.5, 0.6) is 0 Å². The number of nitrogens with two attached hydrogens (primary N) is 1. The Labute approximate surface area is 121 Å². The van der Waals surface area contributed by atoms with Crippen molar-refractivity contribution < 1.29 is 0 Å². The van der Waals surface area contributed by atoms with Crippen LogP contribution >= 0.6 is 11.6 Å². The molecule has 1 aliphatic rings. The van der Waals surface area contributed by atoms with Crippen molar-refractivity contribution in [3.05, 3.63) is 34.9 Å². The van der Waals surface area contributed by atoms with E-state index in [1.165, 1.54) is 18.4 Å². The molecule has 1 heterocycles. The molecule has 1 aromatic rings. The summed E-state index contributed by atoms with van der Waals surface area (Å²) in [5, 5.41) is 0.784. The van der Waals surface area contributed by atoms with Crippen LogP contribution in [-0.2, 0) is 0 Å². The van der Waals surface area contributed by atoms with Gasteiger partial charge in [0.1, 0.15) is 0 Å². The van der Waals surface area contributed by atoms with E-state index >= 15 is 0 Å². The van der Waals surface area contributed by atoms with E-state index < -0.39 is 0 Å². The number of rotatable bonds is 3. The molecule has 0 bridgehead atoms. The highest BCUT2D eigenvalue weighted by Gasteiger charge is 2.32. The Morgan fingerprint density at radius 1 is 1.26 bits per heavy atom. The lowest BCUT2D eigenvalue weighted by Crippen LogP contribution is -2.49. The molecule has 0 saturated carbocycles. The summed E-state index contributed by atoms with van der Waals surface area (Å²) in [7, 11) is 0. The summed E-state index contributed by atoms with van der Waals surface area (Å²) in [5.74, 6) is 0.738. The molecule has 2 N–H and O–H groups in total. The van der Waals surface area contributed by atoms with Gasteiger partial charge in [-0.25, -0.2) is 0 Å². The van der Waals surface area contributed by atoms with E-state index in [4.69, 9.17) is 17.3 Å². The second-order valence-corrected chi connectivity index (χ2v) is 6.39. The molecule has 1 aliphatic heterocycles. The van der Waals surface area contributed by atoms with Gasteiger partial charge in [-0.05, 0) is 56.8 Å². The lowest BCUT2D eigenvalue weighted by atomic mass is 9.87. The first-order valence-corrected chi connectivity index (χ1v) is 7.65. The topological polar surface area (TPSA) is 29.3 Å². The molecular formula is C16H25ClN2. The zero-order valence-corrected chi connectivity index (χ0v) is 12.9. The van der Waals surface area contributed by atoms with Crippen LogP contribution in [0.1, 0.15) is 45.2 Å². The molecule has 3 heteroatoms. The molecular weight excluding hydrogens is 256 g/mol. The highest BCUT2D eigenvalue weighted by molar-refractivity contribution is 6.30.